The normalized spacial score (nSPS) is 17.4. The van der Waals surface area contributed by atoms with Crippen molar-refractivity contribution in [2.75, 3.05) is 18.6 Å². The highest BCUT2D eigenvalue weighted by molar-refractivity contribution is 6.01. The zero-order valence-electron chi connectivity index (χ0n) is 14.0. The lowest BCUT2D eigenvalue weighted by atomic mass is 10.1. The van der Waals surface area contributed by atoms with Gasteiger partial charge in [-0.3, -0.25) is 4.79 Å². The van der Waals surface area contributed by atoms with Gasteiger partial charge < -0.3 is 24.8 Å². The van der Waals surface area contributed by atoms with E-state index >= 15 is 0 Å². The molecular weight excluding hydrogens is 316 g/mol. The Morgan fingerprint density at radius 3 is 2.62 bits per heavy atom. The number of alkyl carbamates (subject to hydrolysis) is 1. The summed E-state index contributed by atoms with van der Waals surface area (Å²) < 4.78 is 10.7. The minimum atomic E-state index is -1.11. The van der Waals surface area contributed by atoms with Crippen LogP contribution in [0.4, 0.5) is 10.5 Å². The Bertz CT molecular complexity index is 680. The van der Waals surface area contributed by atoms with Gasteiger partial charge in [-0.05, 0) is 39.0 Å². The zero-order chi connectivity index (χ0) is 18.1. The summed E-state index contributed by atoms with van der Waals surface area (Å²) >= 11 is 0. The van der Waals surface area contributed by atoms with E-state index in [0.717, 1.165) is 0 Å². The number of carboxylic acids is 1. The maximum atomic E-state index is 12.5. The Kier molecular flexibility index (Phi) is 4.68. The van der Waals surface area contributed by atoms with E-state index in [9.17, 15) is 14.4 Å². The third-order valence-corrected chi connectivity index (χ3v) is 3.29. The minimum Gasteiger partial charge on any atom is -0.489 e. The summed E-state index contributed by atoms with van der Waals surface area (Å²) in [6.45, 7) is 5.07. The molecule has 1 unspecified atom stereocenters. The number of likely N-dealkylation sites (N-methyl/N-ethyl adjacent to an activating group) is 1. The molecular formula is C16H20N2O6. The minimum absolute atomic E-state index is 0.0375. The molecule has 1 aliphatic heterocycles. The third kappa shape index (κ3) is 3.95. The first-order valence-corrected chi connectivity index (χ1v) is 7.36. The highest BCUT2D eigenvalue weighted by atomic mass is 16.6. The number of aromatic carboxylic acids is 1. The van der Waals surface area contributed by atoms with Crippen LogP contribution in [-0.4, -0.2) is 48.4 Å². The fraction of sp³-hybridized carbons (Fsp3) is 0.438. The molecule has 0 fully saturated rings. The van der Waals surface area contributed by atoms with Crippen molar-refractivity contribution in [1.82, 2.24) is 5.32 Å². The van der Waals surface area contributed by atoms with Gasteiger partial charge in [0.05, 0.1) is 11.3 Å². The maximum absolute atomic E-state index is 12.5. The van der Waals surface area contributed by atoms with E-state index in [2.05, 4.69) is 5.32 Å². The molecule has 2 amide bonds. The predicted molar refractivity (Wildman–Crippen MR) is 85.5 cm³/mol. The number of carboxylic acid groups (broad SMARTS) is 1. The maximum Gasteiger partial charge on any atom is 0.408 e. The van der Waals surface area contributed by atoms with Gasteiger partial charge in [0.1, 0.15) is 24.0 Å². The molecule has 24 heavy (non-hydrogen) atoms. The largest absolute Gasteiger partial charge is 0.489 e. The van der Waals surface area contributed by atoms with Crippen LogP contribution in [0.1, 0.15) is 31.1 Å². The number of carbonyl (C=O) groups is 3. The van der Waals surface area contributed by atoms with Crippen LogP contribution in [0.5, 0.6) is 5.75 Å². The molecule has 0 bridgehead atoms. The summed E-state index contributed by atoms with van der Waals surface area (Å²) in [4.78, 5) is 36.7. The molecule has 8 nitrogen and oxygen atoms in total. The number of nitrogens with one attached hydrogen (secondary N) is 1. The molecule has 1 heterocycles. The summed E-state index contributed by atoms with van der Waals surface area (Å²) in [5, 5.41) is 11.5. The molecule has 0 saturated carbocycles. The second kappa shape index (κ2) is 6.38. The molecule has 1 atom stereocenters. The van der Waals surface area contributed by atoms with Crippen LogP contribution in [0.25, 0.3) is 0 Å². The second-order valence-electron chi connectivity index (χ2n) is 6.39. The summed E-state index contributed by atoms with van der Waals surface area (Å²) in [6, 6.07) is 3.29. The average molecular weight is 336 g/mol. The fourth-order valence-electron chi connectivity index (χ4n) is 2.18. The van der Waals surface area contributed by atoms with E-state index in [1.54, 1.807) is 20.8 Å². The van der Waals surface area contributed by atoms with Gasteiger partial charge in [-0.1, -0.05) is 0 Å². The quantitative estimate of drug-likeness (QED) is 0.850. The fourth-order valence-corrected chi connectivity index (χ4v) is 2.18. The summed E-state index contributed by atoms with van der Waals surface area (Å²) in [5.74, 6) is -1.17. The van der Waals surface area contributed by atoms with Crippen LogP contribution < -0.4 is 15.0 Å². The van der Waals surface area contributed by atoms with Crippen molar-refractivity contribution >= 4 is 23.7 Å². The van der Waals surface area contributed by atoms with Gasteiger partial charge in [-0.25, -0.2) is 9.59 Å². The van der Waals surface area contributed by atoms with Gasteiger partial charge in [0, 0.05) is 7.05 Å². The van der Waals surface area contributed by atoms with Crippen molar-refractivity contribution < 1.29 is 29.0 Å². The second-order valence-corrected chi connectivity index (χ2v) is 6.39. The average Bonchev–Trinajstić information content (AvgIpc) is 2.57. The standard InChI is InChI=1S/C16H20N2O6/c1-16(2,3)24-15(22)17-10-8-23-12-6-5-9(14(20)21)7-11(12)18(4)13(10)19/h5-7,10H,8H2,1-4H3,(H,17,22)(H,20,21). The molecule has 0 radical (unpaired) electrons. The first-order valence-electron chi connectivity index (χ1n) is 7.36. The van der Waals surface area contributed by atoms with Crippen molar-refractivity contribution in [3.05, 3.63) is 23.8 Å². The molecule has 2 N–H and O–H groups in total. The number of anilines is 1. The molecule has 1 aromatic carbocycles. The Labute approximate surface area is 139 Å². The van der Waals surface area contributed by atoms with E-state index < -0.39 is 29.6 Å². The van der Waals surface area contributed by atoms with E-state index in [0.29, 0.717) is 11.4 Å². The molecule has 0 aromatic heterocycles. The van der Waals surface area contributed by atoms with Gasteiger partial charge in [0.15, 0.2) is 0 Å². The van der Waals surface area contributed by atoms with Crippen molar-refractivity contribution in [3.8, 4) is 5.75 Å². The van der Waals surface area contributed by atoms with Gasteiger partial charge in [-0.15, -0.1) is 0 Å². The van der Waals surface area contributed by atoms with E-state index in [1.165, 1.54) is 30.1 Å². The van der Waals surface area contributed by atoms with Crippen molar-refractivity contribution in [1.29, 1.82) is 0 Å². The molecule has 130 valence electrons. The molecule has 8 heteroatoms. The Morgan fingerprint density at radius 2 is 2.04 bits per heavy atom. The first kappa shape index (κ1) is 17.6. The lowest BCUT2D eigenvalue weighted by molar-refractivity contribution is -0.120. The summed E-state index contributed by atoms with van der Waals surface area (Å²) in [7, 11) is 1.49. The Balaban J connectivity index is 2.20. The monoisotopic (exact) mass is 336 g/mol. The van der Waals surface area contributed by atoms with E-state index in [-0.39, 0.29) is 12.2 Å². The number of amides is 2. The van der Waals surface area contributed by atoms with Crippen LogP contribution in [0.2, 0.25) is 0 Å². The van der Waals surface area contributed by atoms with Crippen molar-refractivity contribution in [3.63, 3.8) is 0 Å². The number of hydrogen-bond acceptors (Lipinski definition) is 5. The SMILES string of the molecule is CN1C(=O)C(NC(=O)OC(C)(C)C)COc2ccc(C(=O)O)cc21. The Morgan fingerprint density at radius 1 is 1.38 bits per heavy atom. The van der Waals surface area contributed by atoms with E-state index in [1.807, 2.05) is 0 Å². The Hall–Kier alpha value is -2.77. The summed E-state index contributed by atoms with van der Waals surface area (Å²) in [5.41, 5.74) is -0.326. The van der Waals surface area contributed by atoms with Gasteiger partial charge in [0.2, 0.25) is 0 Å². The van der Waals surface area contributed by atoms with E-state index in [4.69, 9.17) is 14.6 Å². The molecule has 0 saturated heterocycles. The van der Waals surface area contributed by atoms with Crippen molar-refractivity contribution in [2.24, 2.45) is 0 Å². The number of hydrogen-bond donors (Lipinski definition) is 2. The highest BCUT2D eigenvalue weighted by Gasteiger charge is 2.32. The first-order chi connectivity index (χ1) is 11.1. The molecule has 1 aliphatic rings. The third-order valence-electron chi connectivity index (χ3n) is 3.29. The highest BCUT2D eigenvalue weighted by Crippen LogP contribution is 2.31. The van der Waals surface area contributed by atoms with Gasteiger partial charge in [0.25, 0.3) is 5.91 Å². The van der Waals surface area contributed by atoms with Gasteiger partial charge >= 0.3 is 12.1 Å². The molecule has 1 aromatic rings. The van der Waals surface area contributed by atoms with Crippen molar-refractivity contribution in [2.45, 2.75) is 32.4 Å². The predicted octanol–water partition coefficient (Wildman–Crippen LogP) is 1.63. The molecule has 0 spiro atoms. The number of fused-ring (bicyclic) bond motifs is 1. The molecule has 0 aliphatic carbocycles. The number of nitrogens with zero attached hydrogens (tertiary/aromatic N) is 1. The lowest BCUT2D eigenvalue weighted by Crippen LogP contribution is -2.50. The number of ether oxygens (including phenoxy) is 2. The smallest absolute Gasteiger partial charge is 0.408 e. The van der Waals surface area contributed by atoms with Crippen LogP contribution in [-0.2, 0) is 9.53 Å². The zero-order valence-corrected chi connectivity index (χ0v) is 14.0. The number of carbonyl (C=O) groups excluding carboxylic acids is 2. The van der Waals surface area contributed by atoms with Crippen LogP contribution >= 0.6 is 0 Å². The number of benzene rings is 1. The van der Waals surface area contributed by atoms with Crippen LogP contribution in [0, 0.1) is 0 Å². The van der Waals surface area contributed by atoms with Crippen LogP contribution in [0.15, 0.2) is 18.2 Å². The lowest BCUT2D eigenvalue weighted by Gasteiger charge is -2.23. The molecule has 2 rings (SSSR count). The van der Waals surface area contributed by atoms with Crippen LogP contribution in [0.3, 0.4) is 0 Å². The number of rotatable bonds is 2. The van der Waals surface area contributed by atoms with Gasteiger partial charge in [-0.2, -0.15) is 0 Å². The topological polar surface area (TPSA) is 105 Å². The summed E-state index contributed by atoms with van der Waals surface area (Å²) in [6.07, 6.45) is -0.727.